The quantitative estimate of drug-likeness (QED) is 0.823. The lowest BCUT2D eigenvalue weighted by atomic mass is 10.1. The zero-order chi connectivity index (χ0) is 14.0. The minimum atomic E-state index is -4.52. The van der Waals surface area contributed by atoms with E-state index >= 15 is 0 Å². The second-order valence-electron chi connectivity index (χ2n) is 4.12. The van der Waals surface area contributed by atoms with Gasteiger partial charge in [0.05, 0.1) is 5.92 Å². The molecule has 2 N–H and O–H groups in total. The van der Waals surface area contributed by atoms with Crippen molar-refractivity contribution >= 4 is 11.8 Å². The van der Waals surface area contributed by atoms with Crippen LogP contribution in [0.1, 0.15) is 12.1 Å². The third kappa shape index (κ3) is 3.21. The highest BCUT2D eigenvalue weighted by molar-refractivity contribution is 5.73. The molecule has 2 atom stereocenters. The Kier molecular flexibility index (Phi) is 3.41. The Hall–Kier alpha value is -2.12. The van der Waals surface area contributed by atoms with Gasteiger partial charge in [-0.2, -0.15) is 13.2 Å². The van der Waals surface area contributed by atoms with E-state index in [9.17, 15) is 18.0 Å². The zero-order valence-electron chi connectivity index (χ0n) is 9.55. The Morgan fingerprint density at radius 1 is 1.32 bits per heavy atom. The van der Waals surface area contributed by atoms with Gasteiger partial charge < -0.3 is 10.4 Å². The maximum Gasteiger partial charge on any atom is 0.435 e. The fourth-order valence-corrected chi connectivity index (χ4v) is 1.74. The highest BCUT2D eigenvalue weighted by Crippen LogP contribution is 2.27. The number of carbonyl (C=O) groups is 1. The van der Waals surface area contributed by atoms with E-state index in [4.69, 9.17) is 5.11 Å². The summed E-state index contributed by atoms with van der Waals surface area (Å²) in [7, 11) is 0. The number of alkyl halides is 3. The number of halogens is 3. The number of anilines is 1. The fraction of sp³-hybridized carbons (Fsp3) is 0.364. The SMILES string of the molecule is O=C(O)C1C=CC(Nc2ccc(C(F)(F)F)nn2)C1. The van der Waals surface area contributed by atoms with Gasteiger partial charge in [-0.15, -0.1) is 10.2 Å². The first-order valence-corrected chi connectivity index (χ1v) is 5.45. The van der Waals surface area contributed by atoms with E-state index in [2.05, 4.69) is 15.5 Å². The van der Waals surface area contributed by atoms with Gasteiger partial charge in [0.15, 0.2) is 5.69 Å². The van der Waals surface area contributed by atoms with Crippen LogP contribution in [0.5, 0.6) is 0 Å². The van der Waals surface area contributed by atoms with Crippen LogP contribution in [0.3, 0.4) is 0 Å². The highest BCUT2D eigenvalue weighted by atomic mass is 19.4. The third-order valence-corrected chi connectivity index (χ3v) is 2.69. The van der Waals surface area contributed by atoms with E-state index < -0.39 is 23.8 Å². The Morgan fingerprint density at radius 2 is 2.05 bits per heavy atom. The fourth-order valence-electron chi connectivity index (χ4n) is 1.74. The monoisotopic (exact) mass is 273 g/mol. The molecular weight excluding hydrogens is 263 g/mol. The molecule has 0 spiro atoms. The van der Waals surface area contributed by atoms with E-state index in [-0.39, 0.29) is 11.9 Å². The molecule has 0 aliphatic heterocycles. The number of hydrogen-bond donors (Lipinski definition) is 2. The van der Waals surface area contributed by atoms with Crippen molar-refractivity contribution in [2.75, 3.05) is 5.32 Å². The van der Waals surface area contributed by atoms with Gasteiger partial charge in [0.2, 0.25) is 0 Å². The first-order chi connectivity index (χ1) is 8.86. The second kappa shape index (κ2) is 4.87. The van der Waals surface area contributed by atoms with Gasteiger partial charge >= 0.3 is 12.1 Å². The van der Waals surface area contributed by atoms with Crippen molar-refractivity contribution in [3.05, 3.63) is 30.0 Å². The van der Waals surface area contributed by atoms with Crippen LogP contribution < -0.4 is 5.32 Å². The molecule has 5 nitrogen and oxygen atoms in total. The van der Waals surface area contributed by atoms with Gasteiger partial charge in [-0.05, 0) is 18.6 Å². The summed E-state index contributed by atoms with van der Waals surface area (Å²) in [6.45, 7) is 0. The van der Waals surface area contributed by atoms with Gasteiger partial charge in [-0.3, -0.25) is 4.79 Å². The maximum absolute atomic E-state index is 12.3. The molecule has 0 bridgehead atoms. The van der Waals surface area contributed by atoms with Crippen LogP contribution in [0.15, 0.2) is 24.3 Å². The van der Waals surface area contributed by atoms with Crippen molar-refractivity contribution in [1.29, 1.82) is 0 Å². The Morgan fingerprint density at radius 3 is 2.53 bits per heavy atom. The molecular formula is C11H10F3N3O2. The van der Waals surface area contributed by atoms with Crippen LogP contribution in [0, 0.1) is 5.92 Å². The van der Waals surface area contributed by atoms with Crippen LogP contribution in [0.25, 0.3) is 0 Å². The summed E-state index contributed by atoms with van der Waals surface area (Å²) in [6, 6.07) is 1.72. The first kappa shape index (κ1) is 13.3. The number of aromatic nitrogens is 2. The van der Waals surface area contributed by atoms with E-state index in [0.717, 1.165) is 12.1 Å². The molecule has 8 heteroatoms. The lowest BCUT2D eigenvalue weighted by Crippen LogP contribution is -2.20. The van der Waals surface area contributed by atoms with E-state index in [1.165, 1.54) is 6.08 Å². The van der Waals surface area contributed by atoms with Crippen molar-refractivity contribution < 1.29 is 23.1 Å². The van der Waals surface area contributed by atoms with Crippen LogP contribution in [0.4, 0.5) is 19.0 Å². The van der Waals surface area contributed by atoms with Crippen molar-refractivity contribution in [2.45, 2.75) is 18.6 Å². The lowest BCUT2D eigenvalue weighted by molar-refractivity contribution is -0.142. The molecule has 102 valence electrons. The van der Waals surface area contributed by atoms with Crippen LogP contribution >= 0.6 is 0 Å². The molecule has 1 aromatic heterocycles. The lowest BCUT2D eigenvalue weighted by Gasteiger charge is -2.12. The summed E-state index contributed by atoms with van der Waals surface area (Å²) in [5, 5.41) is 18.1. The number of hydrogen-bond acceptors (Lipinski definition) is 4. The molecule has 0 saturated heterocycles. The molecule has 0 aromatic carbocycles. The summed E-state index contributed by atoms with van der Waals surface area (Å²) < 4.78 is 36.8. The molecule has 2 unspecified atom stereocenters. The third-order valence-electron chi connectivity index (χ3n) is 2.69. The molecule has 0 fully saturated rings. The molecule has 2 rings (SSSR count). The summed E-state index contributed by atoms with van der Waals surface area (Å²) in [4.78, 5) is 10.7. The first-order valence-electron chi connectivity index (χ1n) is 5.45. The van der Waals surface area contributed by atoms with E-state index in [1.807, 2.05) is 0 Å². The van der Waals surface area contributed by atoms with Crippen LogP contribution in [-0.2, 0) is 11.0 Å². The molecule has 1 aromatic rings. The van der Waals surface area contributed by atoms with Crippen LogP contribution in [-0.4, -0.2) is 27.3 Å². The number of rotatable bonds is 3. The van der Waals surface area contributed by atoms with Crippen molar-refractivity contribution in [3.63, 3.8) is 0 Å². The average molecular weight is 273 g/mol. The summed E-state index contributed by atoms with van der Waals surface area (Å²) in [6.07, 6.45) is -0.999. The minimum Gasteiger partial charge on any atom is -0.481 e. The number of nitrogens with one attached hydrogen (secondary N) is 1. The zero-order valence-corrected chi connectivity index (χ0v) is 9.55. The molecule has 19 heavy (non-hydrogen) atoms. The molecule has 1 aliphatic rings. The molecule has 1 heterocycles. The van der Waals surface area contributed by atoms with Gasteiger partial charge in [0.25, 0.3) is 0 Å². The number of carboxylic acid groups (broad SMARTS) is 1. The normalized spacial score (nSPS) is 22.5. The summed E-state index contributed by atoms with van der Waals surface area (Å²) in [5.41, 5.74) is -1.07. The Labute approximate surface area is 106 Å². The molecule has 1 aliphatic carbocycles. The standard InChI is InChI=1S/C11H10F3N3O2/c12-11(13,14)8-3-4-9(17-16-8)15-7-2-1-6(5-7)10(18)19/h1-4,6-7H,5H2,(H,15,17)(H,18,19). The molecule has 0 saturated carbocycles. The smallest absolute Gasteiger partial charge is 0.435 e. The van der Waals surface area contributed by atoms with E-state index in [1.54, 1.807) is 6.08 Å². The summed E-state index contributed by atoms with van der Waals surface area (Å²) >= 11 is 0. The topological polar surface area (TPSA) is 75.1 Å². The van der Waals surface area contributed by atoms with Gasteiger partial charge in [-0.1, -0.05) is 12.2 Å². The number of carboxylic acids is 1. The minimum absolute atomic E-state index is 0.175. The predicted octanol–water partition coefficient (Wildman–Crippen LogP) is 1.94. The molecule has 0 radical (unpaired) electrons. The average Bonchev–Trinajstić information content (AvgIpc) is 2.77. The predicted molar refractivity (Wildman–Crippen MR) is 59.3 cm³/mol. The number of nitrogens with zero attached hydrogens (tertiary/aromatic N) is 2. The Bertz CT molecular complexity index is 499. The maximum atomic E-state index is 12.3. The largest absolute Gasteiger partial charge is 0.481 e. The van der Waals surface area contributed by atoms with Crippen molar-refractivity contribution in [3.8, 4) is 0 Å². The van der Waals surface area contributed by atoms with Gasteiger partial charge in [0.1, 0.15) is 5.82 Å². The van der Waals surface area contributed by atoms with Gasteiger partial charge in [0, 0.05) is 6.04 Å². The number of aliphatic carboxylic acids is 1. The van der Waals surface area contributed by atoms with Crippen LogP contribution in [0.2, 0.25) is 0 Å². The van der Waals surface area contributed by atoms with Crippen molar-refractivity contribution in [2.24, 2.45) is 5.92 Å². The van der Waals surface area contributed by atoms with Gasteiger partial charge in [-0.25, -0.2) is 0 Å². The second-order valence-corrected chi connectivity index (χ2v) is 4.12. The Balaban J connectivity index is 1.98. The highest BCUT2D eigenvalue weighted by Gasteiger charge is 2.33. The van der Waals surface area contributed by atoms with E-state index in [0.29, 0.717) is 6.42 Å². The molecule has 0 amide bonds. The summed E-state index contributed by atoms with van der Waals surface area (Å²) in [5.74, 6) is -1.34. The van der Waals surface area contributed by atoms with Crippen molar-refractivity contribution in [1.82, 2.24) is 10.2 Å².